The van der Waals surface area contributed by atoms with Crippen molar-refractivity contribution in [3.8, 4) is 0 Å². The van der Waals surface area contributed by atoms with E-state index in [-0.39, 0.29) is 12.6 Å². The average molecular weight is 236 g/mol. The number of aliphatic hydroxyl groups is 1. The molecule has 1 aromatic rings. The largest absolute Gasteiger partial charge is 0.468 e. The van der Waals surface area contributed by atoms with E-state index >= 15 is 0 Å². The lowest BCUT2D eigenvalue weighted by atomic mass is 9.84. The van der Waals surface area contributed by atoms with Crippen molar-refractivity contribution in [2.75, 3.05) is 13.7 Å². The molecule has 94 valence electrons. The maximum absolute atomic E-state index is 11.6. The SMILES string of the molecule is COC(=O)C(C)(C)c1ccc(CCCO)cc1. The van der Waals surface area contributed by atoms with Crippen LogP contribution in [0.5, 0.6) is 0 Å². The highest BCUT2D eigenvalue weighted by atomic mass is 16.5. The Bertz CT molecular complexity index is 366. The smallest absolute Gasteiger partial charge is 0.315 e. The third kappa shape index (κ3) is 3.30. The van der Waals surface area contributed by atoms with Crippen LogP contribution < -0.4 is 0 Å². The molecule has 0 aliphatic carbocycles. The number of esters is 1. The Morgan fingerprint density at radius 3 is 2.35 bits per heavy atom. The summed E-state index contributed by atoms with van der Waals surface area (Å²) in [6.45, 7) is 3.90. The zero-order chi connectivity index (χ0) is 12.9. The van der Waals surface area contributed by atoms with Gasteiger partial charge >= 0.3 is 5.97 Å². The van der Waals surface area contributed by atoms with Crippen LogP contribution in [0.15, 0.2) is 24.3 Å². The molecule has 0 aromatic heterocycles. The summed E-state index contributed by atoms with van der Waals surface area (Å²) in [4.78, 5) is 11.6. The minimum atomic E-state index is -0.621. The quantitative estimate of drug-likeness (QED) is 0.796. The molecular formula is C14H20O3. The Kier molecular flexibility index (Phi) is 4.70. The first-order valence-corrected chi connectivity index (χ1v) is 5.81. The van der Waals surface area contributed by atoms with Crippen molar-refractivity contribution in [1.82, 2.24) is 0 Å². The van der Waals surface area contributed by atoms with Gasteiger partial charge in [0.05, 0.1) is 12.5 Å². The molecule has 0 atom stereocenters. The Labute approximate surface area is 102 Å². The average Bonchev–Trinajstić information content (AvgIpc) is 2.35. The molecular weight excluding hydrogens is 216 g/mol. The summed E-state index contributed by atoms with van der Waals surface area (Å²) in [6, 6.07) is 7.89. The van der Waals surface area contributed by atoms with Crippen LogP contribution in [0.4, 0.5) is 0 Å². The van der Waals surface area contributed by atoms with Crippen LogP contribution in [-0.4, -0.2) is 24.8 Å². The maximum atomic E-state index is 11.6. The maximum Gasteiger partial charge on any atom is 0.315 e. The minimum Gasteiger partial charge on any atom is -0.468 e. The predicted molar refractivity (Wildman–Crippen MR) is 66.9 cm³/mol. The zero-order valence-electron chi connectivity index (χ0n) is 10.7. The van der Waals surface area contributed by atoms with Gasteiger partial charge in [0.25, 0.3) is 0 Å². The molecule has 17 heavy (non-hydrogen) atoms. The van der Waals surface area contributed by atoms with Crippen LogP contribution in [-0.2, 0) is 21.4 Å². The van der Waals surface area contributed by atoms with E-state index in [0.29, 0.717) is 0 Å². The van der Waals surface area contributed by atoms with Gasteiger partial charge in [-0.1, -0.05) is 24.3 Å². The lowest BCUT2D eigenvalue weighted by molar-refractivity contribution is -0.146. The Morgan fingerprint density at radius 2 is 1.88 bits per heavy atom. The van der Waals surface area contributed by atoms with Crippen molar-refractivity contribution in [3.63, 3.8) is 0 Å². The predicted octanol–water partition coefficient (Wildman–Crippen LogP) is 2.06. The van der Waals surface area contributed by atoms with E-state index in [4.69, 9.17) is 9.84 Å². The van der Waals surface area contributed by atoms with E-state index in [1.165, 1.54) is 12.7 Å². The molecule has 1 rings (SSSR count). The van der Waals surface area contributed by atoms with Gasteiger partial charge in [0.15, 0.2) is 0 Å². The molecule has 0 fully saturated rings. The molecule has 0 aliphatic rings. The van der Waals surface area contributed by atoms with E-state index in [1.54, 1.807) is 0 Å². The summed E-state index contributed by atoms with van der Waals surface area (Å²) >= 11 is 0. The first-order valence-electron chi connectivity index (χ1n) is 5.81. The number of hydrogen-bond acceptors (Lipinski definition) is 3. The van der Waals surface area contributed by atoms with E-state index in [2.05, 4.69) is 0 Å². The van der Waals surface area contributed by atoms with E-state index < -0.39 is 5.41 Å². The molecule has 1 N–H and O–H groups in total. The monoisotopic (exact) mass is 236 g/mol. The fourth-order valence-corrected chi connectivity index (χ4v) is 1.74. The van der Waals surface area contributed by atoms with E-state index in [1.807, 2.05) is 38.1 Å². The molecule has 0 saturated carbocycles. The third-order valence-corrected chi connectivity index (χ3v) is 2.99. The Morgan fingerprint density at radius 1 is 1.29 bits per heavy atom. The highest BCUT2D eigenvalue weighted by molar-refractivity contribution is 5.82. The van der Waals surface area contributed by atoms with Crippen LogP contribution in [0.2, 0.25) is 0 Å². The molecule has 3 nitrogen and oxygen atoms in total. The molecule has 0 saturated heterocycles. The summed E-state index contributed by atoms with van der Waals surface area (Å²) in [5.74, 6) is -0.236. The van der Waals surface area contributed by atoms with Gasteiger partial charge in [0.1, 0.15) is 0 Å². The van der Waals surface area contributed by atoms with Crippen molar-refractivity contribution in [2.24, 2.45) is 0 Å². The van der Waals surface area contributed by atoms with Gasteiger partial charge in [-0.2, -0.15) is 0 Å². The highest BCUT2D eigenvalue weighted by Gasteiger charge is 2.30. The molecule has 0 aliphatic heterocycles. The second-order valence-electron chi connectivity index (χ2n) is 4.64. The second-order valence-corrected chi connectivity index (χ2v) is 4.64. The summed E-state index contributed by atoms with van der Waals surface area (Å²) in [7, 11) is 1.40. The van der Waals surface area contributed by atoms with Gasteiger partial charge < -0.3 is 9.84 Å². The third-order valence-electron chi connectivity index (χ3n) is 2.99. The van der Waals surface area contributed by atoms with Gasteiger partial charge in [-0.3, -0.25) is 4.79 Å². The van der Waals surface area contributed by atoms with E-state index in [0.717, 1.165) is 18.4 Å². The second kappa shape index (κ2) is 5.82. The van der Waals surface area contributed by atoms with Crippen LogP contribution in [0.3, 0.4) is 0 Å². The molecule has 0 spiro atoms. The standard InChI is InChI=1S/C14H20O3/c1-14(2,13(16)17-3)12-8-6-11(7-9-12)5-4-10-15/h6-9,15H,4-5,10H2,1-3H3. The van der Waals surface area contributed by atoms with Crippen LogP contribution in [0.25, 0.3) is 0 Å². The Balaban J connectivity index is 2.83. The number of aliphatic hydroxyl groups excluding tert-OH is 1. The van der Waals surface area contributed by atoms with Crippen LogP contribution in [0, 0.1) is 0 Å². The number of hydrogen-bond donors (Lipinski definition) is 1. The lowest BCUT2D eigenvalue weighted by Gasteiger charge is -2.22. The van der Waals surface area contributed by atoms with E-state index in [9.17, 15) is 4.79 Å². The molecule has 1 aromatic carbocycles. The van der Waals surface area contributed by atoms with Gasteiger partial charge in [-0.05, 0) is 37.8 Å². The van der Waals surface area contributed by atoms with Crippen molar-refractivity contribution in [3.05, 3.63) is 35.4 Å². The summed E-state index contributed by atoms with van der Waals surface area (Å²) in [6.07, 6.45) is 1.62. The number of benzene rings is 1. The number of rotatable bonds is 5. The van der Waals surface area contributed by atoms with Gasteiger partial charge in [0, 0.05) is 6.61 Å². The summed E-state index contributed by atoms with van der Waals surface area (Å²) < 4.78 is 4.79. The fourth-order valence-electron chi connectivity index (χ4n) is 1.74. The number of aryl methyl sites for hydroxylation is 1. The van der Waals surface area contributed by atoms with Crippen molar-refractivity contribution in [1.29, 1.82) is 0 Å². The molecule has 0 heterocycles. The summed E-state index contributed by atoms with van der Waals surface area (Å²) in [5, 5.41) is 8.75. The lowest BCUT2D eigenvalue weighted by Crippen LogP contribution is -2.30. The molecule has 0 amide bonds. The van der Waals surface area contributed by atoms with Gasteiger partial charge in [0.2, 0.25) is 0 Å². The zero-order valence-corrected chi connectivity index (χ0v) is 10.7. The molecule has 0 unspecified atom stereocenters. The summed E-state index contributed by atoms with van der Waals surface area (Å²) in [5.41, 5.74) is 1.49. The van der Waals surface area contributed by atoms with Gasteiger partial charge in [-0.15, -0.1) is 0 Å². The normalized spacial score (nSPS) is 11.3. The van der Waals surface area contributed by atoms with Crippen LogP contribution in [0.1, 0.15) is 31.4 Å². The number of carbonyl (C=O) groups excluding carboxylic acids is 1. The topological polar surface area (TPSA) is 46.5 Å². The highest BCUT2D eigenvalue weighted by Crippen LogP contribution is 2.25. The Hall–Kier alpha value is -1.35. The first-order chi connectivity index (χ1) is 8.02. The minimum absolute atomic E-state index is 0.204. The van der Waals surface area contributed by atoms with Crippen molar-refractivity contribution < 1.29 is 14.6 Å². The van der Waals surface area contributed by atoms with Crippen LogP contribution >= 0.6 is 0 Å². The number of methoxy groups -OCH3 is 1. The molecule has 0 bridgehead atoms. The number of ether oxygens (including phenoxy) is 1. The molecule has 3 heteroatoms. The fraction of sp³-hybridized carbons (Fsp3) is 0.500. The first kappa shape index (κ1) is 13.7. The van der Waals surface area contributed by atoms with Gasteiger partial charge in [-0.25, -0.2) is 0 Å². The molecule has 0 radical (unpaired) electrons. The number of carbonyl (C=O) groups is 1. The van der Waals surface area contributed by atoms with Crippen molar-refractivity contribution in [2.45, 2.75) is 32.1 Å². The van der Waals surface area contributed by atoms with Crippen molar-refractivity contribution >= 4 is 5.97 Å².